The highest BCUT2D eigenvalue weighted by molar-refractivity contribution is 14.1. The third-order valence-electron chi connectivity index (χ3n) is 8.27. The number of aromatic amines is 1. The van der Waals surface area contributed by atoms with Crippen LogP contribution in [0.2, 0.25) is 36.3 Å². The van der Waals surface area contributed by atoms with Crippen molar-refractivity contribution in [2.75, 3.05) is 6.61 Å². The summed E-state index contributed by atoms with van der Waals surface area (Å²) in [5.41, 5.74) is 3.31. The van der Waals surface area contributed by atoms with Crippen molar-refractivity contribution in [1.29, 1.82) is 0 Å². The molecule has 11 nitrogen and oxygen atoms in total. The van der Waals surface area contributed by atoms with Gasteiger partial charge in [-0.25, -0.2) is 8.98 Å². The molecule has 38 heavy (non-hydrogen) atoms. The first-order valence-electron chi connectivity index (χ1n) is 12.4. The lowest BCUT2D eigenvalue weighted by Gasteiger charge is -2.43. The Morgan fingerprint density at radius 2 is 1.66 bits per heavy atom. The number of halogens is 1. The van der Waals surface area contributed by atoms with Crippen LogP contribution in [-0.4, -0.2) is 59.0 Å². The molecule has 1 saturated heterocycles. The molecule has 1 aromatic heterocycles. The van der Waals surface area contributed by atoms with Gasteiger partial charge in [-0.15, -0.1) is 0 Å². The third kappa shape index (κ3) is 5.66. The number of rotatable bonds is 6. The van der Waals surface area contributed by atoms with Gasteiger partial charge < -0.3 is 19.3 Å². The molecule has 1 fully saturated rings. The molecule has 0 unspecified atom stereocenters. The Balaban J connectivity index is 2.24. The van der Waals surface area contributed by atoms with Gasteiger partial charge in [-0.1, -0.05) is 41.5 Å². The monoisotopic (exact) mass is 701 g/mol. The van der Waals surface area contributed by atoms with E-state index in [1.54, 1.807) is 0 Å². The molecule has 2 aliphatic rings. The SMILES string of the molecule is CC(C)(C)[Si](C)(C)OC[C@H]1O[C@@H](n2cc(I)c(=O)[nH]c2=O)[C@H](O[Si](C)(C)C(C)(C)C)[C@]12OS(=O)(=O)C=C2N. The molecule has 3 rings (SSSR count). The number of nitrogens with zero attached hydrogens (tertiary/aromatic N) is 1. The summed E-state index contributed by atoms with van der Waals surface area (Å²) >= 11 is 1.82. The Labute approximate surface area is 240 Å². The highest BCUT2D eigenvalue weighted by Crippen LogP contribution is 2.52. The van der Waals surface area contributed by atoms with Crippen LogP contribution in [0.25, 0.3) is 0 Å². The average molecular weight is 702 g/mol. The number of nitrogens with one attached hydrogen (secondary N) is 1. The molecule has 3 N–H and O–H groups in total. The summed E-state index contributed by atoms with van der Waals surface area (Å²) in [6, 6.07) is 0. The smallest absolute Gasteiger partial charge is 0.330 e. The van der Waals surface area contributed by atoms with Crippen molar-refractivity contribution in [3.63, 3.8) is 0 Å². The molecule has 0 aliphatic carbocycles. The van der Waals surface area contributed by atoms with Crippen LogP contribution in [0.1, 0.15) is 47.8 Å². The van der Waals surface area contributed by atoms with Gasteiger partial charge in [0.15, 0.2) is 28.5 Å². The van der Waals surface area contributed by atoms with Gasteiger partial charge in [-0.2, -0.15) is 8.42 Å². The van der Waals surface area contributed by atoms with Crippen LogP contribution in [0, 0.1) is 3.57 Å². The lowest BCUT2D eigenvalue weighted by Crippen LogP contribution is -2.59. The van der Waals surface area contributed by atoms with E-state index < -0.39 is 62.0 Å². The van der Waals surface area contributed by atoms with Gasteiger partial charge in [0, 0.05) is 6.20 Å². The van der Waals surface area contributed by atoms with E-state index in [4.69, 9.17) is 23.5 Å². The van der Waals surface area contributed by atoms with Crippen LogP contribution in [0.15, 0.2) is 26.9 Å². The highest BCUT2D eigenvalue weighted by Gasteiger charge is 2.67. The molecule has 3 heterocycles. The van der Waals surface area contributed by atoms with E-state index in [0.29, 0.717) is 0 Å². The van der Waals surface area contributed by atoms with E-state index in [-0.39, 0.29) is 26.0 Å². The summed E-state index contributed by atoms with van der Waals surface area (Å²) in [6.07, 6.45) is -1.95. The van der Waals surface area contributed by atoms with E-state index in [0.717, 1.165) is 5.41 Å². The highest BCUT2D eigenvalue weighted by atomic mass is 127. The second-order valence-corrected chi connectivity index (χ2v) is 25.1. The quantitative estimate of drug-likeness (QED) is 0.259. The van der Waals surface area contributed by atoms with Crippen LogP contribution < -0.4 is 17.0 Å². The van der Waals surface area contributed by atoms with Gasteiger partial charge >= 0.3 is 5.69 Å². The molecule has 1 aromatic rings. The number of hydrogen-bond acceptors (Lipinski definition) is 9. The van der Waals surface area contributed by atoms with E-state index >= 15 is 0 Å². The van der Waals surface area contributed by atoms with Crippen molar-refractivity contribution in [3.8, 4) is 0 Å². The van der Waals surface area contributed by atoms with Crippen LogP contribution in [0.5, 0.6) is 0 Å². The molecule has 15 heteroatoms. The normalized spacial score (nSPS) is 28.2. The minimum absolute atomic E-state index is 0.0381. The fourth-order valence-electron chi connectivity index (χ4n) is 3.86. The van der Waals surface area contributed by atoms with Crippen molar-refractivity contribution in [2.24, 2.45) is 5.73 Å². The largest absolute Gasteiger partial charge is 0.414 e. The number of nitrogens with two attached hydrogens (primary N) is 1. The maximum absolute atomic E-state index is 13.0. The summed E-state index contributed by atoms with van der Waals surface area (Å²) in [5, 5.41) is 0.458. The second kappa shape index (κ2) is 9.92. The number of hydrogen-bond donors (Lipinski definition) is 2. The first-order chi connectivity index (χ1) is 17.0. The standard InChI is InChI=1S/C23H40IN3O8SSi2/c1-21(2,3)37(7,8)32-12-16-23(15(25)13-36(30,31)35-23)17(34-38(9,10)22(4,5)6)19(33-16)27-11-14(24)18(28)26-20(27)29/h11,13,16-17,19H,12,25H2,1-10H3,(H,26,28,29)/t16-,17+,19-,23-/m1/s1. The lowest BCUT2D eigenvalue weighted by molar-refractivity contribution is -0.0563. The minimum Gasteiger partial charge on any atom is -0.414 e. The second-order valence-electron chi connectivity index (χ2n) is 13.0. The summed E-state index contributed by atoms with van der Waals surface area (Å²) < 4.78 is 52.5. The predicted molar refractivity (Wildman–Crippen MR) is 158 cm³/mol. The van der Waals surface area contributed by atoms with Crippen molar-refractivity contribution < 1.29 is 26.2 Å². The summed E-state index contributed by atoms with van der Waals surface area (Å²) in [4.78, 5) is 27.4. The Morgan fingerprint density at radius 3 is 2.13 bits per heavy atom. The van der Waals surface area contributed by atoms with Gasteiger partial charge in [0.05, 0.1) is 21.3 Å². The molecule has 0 radical (unpaired) electrons. The van der Waals surface area contributed by atoms with Crippen LogP contribution >= 0.6 is 22.6 Å². The number of H-pyrrole nitrogens is 1. The summed E-state index contributed by atoms with van der Waals surface area (Å²) in [7, 11) is -9.13. The van der Waals surface area contributed by atoms with E-state index in [1.165, 1.54) is 10.8 Å². The molecule has 0 saturated carbocycles. The first kappa shape index (κ1) is 31.7. The zero-order valence-corrected chi connectivity index (χ0v) is 28.6. The predicted octanol–water partition coefficient (Wildman–Crippen LogP) is 3.35. The summed E-state index contributed by atoms with van der Waals surface area (Å²) in [6.45, 7) is 20.5. The molecule has 216 valence electrons. The lowest BCUT2D eigenvalue weighted by atomic mass is 9.89. The molecule has 0 amide bonds. The van der Waals surface area contributed by atoms with Crippen molar-refractivity contribution in [3.05, 3.63) is 41.7 Å². The number of ether oxygens (including phenoxy) is 1. The maximum atomic E-state index is 13.0. The molecule has 2 aliphatic heterocycles. The Bertz CT molecular complexity index is 1340. The van der Waals surface area contributed by atoms with Gasteiger partial charge in [0.25, 0.3) is 15.7 Å². The molecule has 0 bridgehead atoms. The topological polar surface area (TPSA) is 152 Å². The van der Waals surface area contributed by atoms with Gasteiger partial charge in [-0.3, -0.25) is 14.3 Å². The third-order valence-corrected chi connectivity index (χ3v) is 19.0. The summed E-state index contributed by atoms with van der Waals surface area (Å²) in [5.74, 6) is 0. The zero-order chi connectivity index (χ0) is 29.3. The minimum atomic E-state index is -4.18. The van der Waals surface area contributed by atoms with Crippen molar-refractivity contribution >= 4 is 49.3 Å². The van der Waals surface area contributed by atoms with Gasteiger partial charge in [-0.05, 0) is 58.9 Å². The van der Waals surface area contributed by atoms with Crippen LogP contribution in [0.4, 0.5) is 0 Å². The molecular formula is C23H40IN3O8SSi2. The first-order valence-corrected chi connectivity index (χ1v) is 20.7. The number of aromatic nitrogens is 2. The Morgan fingerprint density at radius 1 is 1.11 bits per heavy atom. The van der Waals surface area contributed by atoms with Crippen molar-refractivity contribution in [2.45, 2.75) is 102 Å². The van der Waals surface area contributed by atoms with Gasteiger partial charge in [0.1, 0.15) is 12.2 Å². The molecule has 4 atom stereocenters. The van der Waals surface area contributed by atoms with Crippen LogP contribution in [-0.2, 0) is 27.9 Å². The fourth-order valence-corrected chi connectivity index (χ4v) is 7.81. The average Bonchev–Trinajstić information content (AvgIpc) is 3.14. The van der Waals surface area contributed by atoms with E-state index in [9.17, 15) is 18.0 Å². The fraction of sp³-hybridized carbons (Fsp3) is 0.739. The molecule has 0 aromatic carbocycles. The maximum Gasteiger partial charge on any atom is 0.330 e. The van der Waals surface area contributed by atoms with E-state index in [1.807, 2.05) is 56.5 Å². The molecule has 1 spiro atoms. The van der Waals surface area contributed by atoms with Crippen molar-refractivity contribution in [1.82, 2.24) is 9.55 Å². The van der Waals surface area contributed by atoms with E-state index in [2.05, 4.69) is 38.8 Å². The van der Waals surface area contributed by atoms with Gasteiger partial charge in [0.2, 0.25) is 0 Å². The van der Waals surface area contributed by atoms with Crippen LogP contribution in [0.3, 0.4) is 0 Å². The Kier molecular flexibility index (Phi) is 8.27. The molecular weight excluding hydrogens is 661 g/mol. The Hall–Kier alpha value is -0.826. The zero-order valence-electron chi connectivity index (χ0n) is 23.7.